The van der Waals surface area contributed by atoms with Crippen LogP contribution < -0.4 is 14.2 Å². The van der Waals surface area contributed by atoms with Gasteiger partial charge in [-0.25, -0.2) is 13.1 Å². The molecule has 0 bridgehead atoms. The number of hydrogen-bond donors (Lipinski definition) is 1. The van der Waals surface area contributed by atoms with Crippen LogP contribution in [0.4, 0.5) is 0 Å². The number of sulfonamides is 1. The predicted octanol–water partition coefficient (Wildman–Crippen LogP) is 3.18. The van der Waals surface area contributed by atoms with E-state index in [1.165, 1.54) is 19.2 Å². The highest BCUT2D eigenvalue weighted by Crippen LogP contribution is 2.31. The molecule has 0 spiro atoms. The Kier molecular flexibility index (Phi) is 6.50. The summed E-state index contributed by atoms with van der Waals surface area (Å²) in [6.45, 7) is 2.10. The van der Waals surface area contributed by atoms with Crippen LogP contribution in [0, 0.1) is 0 Å². The van der Waals surface area contributed by atoms with Crippen LogP contribution in [-0.2, 0) is 23.0 Å². The summed E-state index contributed by atoms with van der Waals surface area (Å²) in [6, 6.07) is 11.7. The summed E-state index contributed by atoms with van der Waals surface area (Å²) in [4.78, 5) is 4.40. The molecular weight excluding hydrogens is 394 g/mol. The molecule has 0 saturated carbocycles. The molecule has 1 aromatic heterocycles. The molecule has 154 valence electrons. The van der Waals surface area contributed by atoms with E-state index < -0.39 is 10.0 Å². The maximum atomic E-state index is 12.8. The standard InChI is InChI=1S/C20H23N3O5S/c1-4-7-19-22-20(28-23-19)16-12-15(10-11-18(16)27-3)29(24,25)21-13-14-8-5-6-9-17(14)26-2/h5-6,8-12,21H,4,7,13H2,1-3H3. The van der Waals surface area contributed by atoms with E-state index in [1.807, 2.05) is 19.1 Å². The van der Waals surface area contributed by atoms with Gasteiger partial charge in [-0.1, -0.05) is 30.3 Å². The largest absolute Gasteiger partial charge is 0.496 e. The Labute approximate surface area is 169 Å². The van der Waals surface area contributed by atoms with Gasteiger partial charge in [0.1, 0.15) is 11.5 Å². The van der Waals surface area contributed by atoms with E-state index in [1.54, 1.807) is 25.3 Å². The molecule has 0 atom stereocenters. The van der Waals surface area contributed by atoms with Gasteiger partial charge in [-0.15, -0.1) is 0 Å². The molecule has 0 aliphatic heterocycles. The zero-order valence-electron chi connectivity index (χ0n) is 16.5. The molecule has 29 heavy (non-hydrogen) atoms. The zero-order valence-corrected chi connectivity index (χ0v) is 17.3. The quantitative estimate of drug-likeness (QED) is 0.570. The van der Waals surface area contributed by atoms with Crippen molar-refractivity contribution in [1.82, 2.24) is 14.9 Å². The lowest BCUT2D eigenvalue weighted by atomic mass is 10.2. The lowest BCUT2D eigenvalue weighted by molar-refractivity contribution is 0.402. The number of benzene rings is 2. The third-order valence-corrected chi connectivity index (χ3v) is 5.70. The lowest BCUT2D eigenvalue weighted by Crippen LogP contribution is -2.23. The summed E-state index contributed by atoms with van der Waals surface area (Å²) in [5, 5.41) is 3.92. The fourth-order valence-electron chi connectivity index (χ4n) is 2.81. The Balaban J connectivity index is 1.89. The summed E-state index contributed by atoms with van der Waals surface area (Å²) in [5.74, 6) is 1.83. The smallest absolute Gasteiger partial charge is 0.261 e. The van der Waals surface area contributed by atoms with Gasteiger partial charge in [0, 0.05) is 18.5 Å². The van der Waals surface area contributed by atoms with Crippen LogP contribution in [0.15, 0.2) is 51.9 Å². The Morgan fingerprint density at radius 2 is 1.83 bits per heavy atom. The normalized spacial score (nSPS) is 11.4. The molecule has 0 aliphatic carbocycles. The van der Waals surface area contributed by atoms with Crippen molar-refractivity contribution in [2.45, 2.75) is 31.2 Å². The minimum atomic E-state index is -3.79. The van der Waals surface area contributed by atoms with Crippen LogP contribution >= 0.6 is 0 Å². The van der Waals surface area contributed by atoms with Crippen molar-refractivity contribution >= 4 is 10.0 Å². The number of aryl methyl sites for hydroxylation is 1. The van der Waals surface area contributed by atoms with Crippen molar-refractivity contribution in [3.8, 4) is 23.0 Å². The fraction of sp³-hybridized carbons (Fsp3) is 0.300. The molecule has 1 heterocycles. The van der Waals surface area contributed by atoms with Crippen molar-refractivity contribution < 1.29 is 22.4 Å². The van der Waals surface area contributed by atoms with Crippen LogP contribution in [-0.4, -0.2) is 32.8 Å². The summed E-state index contributed by atoms with van der Waals surface area (Å²) in [5.41, 5.74) is 1.15. The minimum absolute atomic E-state index is 0.0680. The summed E-state index contributed by atoms with van der Waals surface area (Å²) in [6.07, 6.45) is 1.54. The molecular formula is C20H23N3O5S. The summed E-state index contributed by atoms with van der Waals surface area (Å²) < 4.78 is 44.2. The number of methoxy groups -OCH3 is 2. The highest BCUT2D eigenvalue weighted by Gasteiger charge is 2.20. The van der Waals surface area contributed by atoms with Crippen LogP contribution in [0.1, 0.15) is 24.7 Å². The van der Waals surface area contributed by atoms with E-state index in [4.69, 9.17) is 14.0 Å². The molecule has 2 aromatic carbocycles. The Bertz CT molecular complexity index is 1080. The van der Waals surface area contributed by atoms with E-state index in [2.05, 4.69) is 14.9 Å². The van der Waals surface area contributed by atoms with E-state index >= 15 is 0 Å². The third kappa shape index (κ3) is 4.75. The molecule has 9 heteroatoms. The first-order chi connectivity index (χ1) is 14.0. The Hall–Kier alpha value is -2.91. The second-order valence-electron chi connectivity index (χ2n) is 6.26. The maximum absolute atomic E-state index is 12.8. The van der Waals surface area contributed by atoms with Gasteiger partial charge in [0.2, 0.25) is 10.0 Å². The van der Waals surface area contributed by atoms with Crippen molar-refractivity contribution in [3.05, 3.63) is 53.9 Å². The third-order valence-electron chi connectivity index (χ3n) is 4.30. The van der Waals surface area contributed by atoms with E-state index in [0.717, 1.165) is 12.0 Å². The summed E-state index contributed by atoms with van der Waals surface area (Å²) >= 11 is 0. The predicted molar refractivity (Wildman–Crippen MR) is 107 cm³/mol. The van der Waals surface area contributed by atoms with E-state index in [-0.39, 0.29) is 17.3 Å². The van der Waals surface area contributed by atoms with Gasteiger partial charge in [-0.05, 0) is 30.7 Å². The molecule has 8 nitrogen and oxygen atoms in total. The van der Waals surface area contributed by atoms with Crippen molar-refractivity contribution in [2.24, 2.45) is 0 Å². The molecule has 3 rings (SSSR count). The van der Waals surface area contributed by atoms with Gasteiger partial charge >= 0.3 is 0 Å². The minimum Gasteiger partial charge on any atom is -0.496 e. The number of hydrogen-bond acceptors (Lipinski definition) is 7. The zero-order chi connectivity index (χ0) is 20.9. The number of nitrogens with one attached hydrogen (secondary N) is 1. The molecule has 0 amide bonds. The van der Waals surface area contributed by atoms with Gasteiger partial charge in [0.15, 0.2) is 5.82 Å². The lowest BCUT2D eigenvalue weighted by Gasteiger charge is -2.12. The van der Waals surface area contributed by atoms with E-state index in [9.17, 15) is 8.42 Å². The first-order valence-electron chi connectivity index (χ1n) is 9.11. The molecule has 0 radical (unpaired) electrons. The van der Waals surface area contributed by atoms with Gasteiger partial charge in [0.25, 0.3) is 5.89 Å². The number of para-hydroxylation sites is 1. The monoisotopic (exact) mass is 417 g/mol. The van der Waals surface area contributed by atoms with Crippen LogP contribution in [0.2, 0.25) is 0 Å². The second-order valence-corrected chi connectivity index (χ2v) is 8.03. The van der Waals surface area contributed by atoms with Gasteiger partial charge in [-0.3, -0.25) is 0 Å². The van der Waals surface area contributed by atoms with Crippen molar-refractivity contribution in [3.63, 3.8) is 0 Å². The van der Waals surface area contributed by atoms with Crippen LogP contribution in [0.3, 0.4) is 0 Å². The van der Waals surface area contributed by atoms with Crippen molar-refractivity contribution in [2.75, 3.05) is 14.2 Å². The molecule has 0 fully saturated rings. The summed E-state index contributed by atoms with van der Waals surface area (Å²) in [7, 11) is -0.755. The topological polar surface area (TPSA) is 104 Å². The molecule has 0 aliphatic rings. The maximum Gasteiger partial charge on any atom is 0.261 e. The Morgan fingerprint density at radius 3 is 2.55 bits per heavy atom. The highest BCUT2D eigenvalue weighted by molar-refractivity contribution is 7.89. The highest BCUT2D eigenvalue weighted by atomic mass is 32.2. The average Bonchev–Trinajstić information content (AvgIpc) is 3.20. The van der Waals surface area contributed by atoms with Gasteiger partial charge < -0.3 is 14.0 Å². The number of nitrogens with zero attached hydrogens (tertiary/aromatic N) is 2. The number of ether oxygens (including phenoxy) is 2. The average molecular weight is 417 g/mol. The SMILES string of the molecule is CCCc1noc(-c2cc(S(=O)(=O)NCc3ccccc3OC)ccc2OC)n1. The molecule has 0 unspecified atom stereocenters. The second kappa shape index (κ2) is 9.06. The Morgan fingerprint density at radius 1 is 1.07 bits per heavy atom. The fourth-order valence-corrected chi connectivity index (χ4v) is 3.85. The van der Waals surface area contributed by atoms with Crippen molar-refractivity contribution in [1.29, 1.82) is 0 Å². The first-order valence-corrected chi connectivity index (χ1v) is 10.6. The number of aromatic nitrogens is 2. The first kappa shape index (κ1) is 20.8. The number of rotatable bonds is 9. The van der Waals surface area contributed by atoms with E-state index in [0.29, 0.717) is 29.3 Å². The molecule has 1 N–H and O–H groups in total. The molecule has 3 aromatic rings. The van der Waals surface area contributed by atoms with Gasteiger partial charge in [-0.2, -0.15) is 4.98 Å². The molecule has 0 saturated heterocycles. The van der Waals surface area contributed by atoms with Crippen LogP contribution in [0.25, 0.3) is 11.5 Å². The van der Waals surface area contributed by atoms with Gasteiger partial charge in [0.05, 0.1) is 24.7 Å². The van der Waals surface area contributed by atoms with Crippen LogP contribution in [0.5, 0.6) is 11.5 Å².